The minimum atomic E-state index is -4.97. The van der Waals surface area contributed by atoms with Gasteiger partial charge in [-0.1, -0.05) is 453 Å². The molecule has 0 aliphatic rings. The Morgan fingerprint density at radius 1 is 0.246 bits per heavy atom. The molecule has 0 amide bonds. The van der Waals surface area contributed by atoms with Gasteiger partial charge in [0.2, 0.25) is 0 Å². The van der Waals surface area contributed by atoms with E-state index in [1.807, 2.05) is 0 Å². The summed E-state index contributed by atoms with van der Waals surface area (Å²) in [5.41, 5.74) is 0. The molecule has 0 bridgehead atoms. The van der Waals surface area contributed by atoms with E-state index in [2.05, 4.69) is 55.4 Å². The highest BCUT2D eigenvalue weighted by molar-refractivity contribution is 7.47. The number of carbonyl (C=O) groups excluding carboxylic acids is 4. The standard InChI is InChI=1S/C95H186O17P2/c1-9-87(7)73-65-57-48-42-36-30-24-18-12-15-20-26-32-38-44-50-59-67-75-92(97)105-81-90(111-94(99)77-69-61-51-45-39-33-27-21-14-11-17-23-29-35-41-47-55-63-71-85(3)4)83-109-113(101,102)107-79-89(96)80-108-114(103,104)110-84-91(82-106-93(98)76-68-60-54-53-56-64-72-86(5)6)112-95(100)78-70-62-52-46-40-34-28-22-16-13-19-25-31-37-43-49-58-66-74-88(8)10-2/h85-91,96H,9-84H2,1-8H3,(H,101,102)(H,103,104)/t87?,88?,89-,90-,91-/m1/s1. The molecule has 19 heteroatoms. The predicted octanol–water partition coefficient (Wildman–Crippen LogP) is 29.5. The van der Waals surface area contributed by atoms with Gasteiger partial charge < -0.3 is 33.8 Å². The molecule has 0 aliphatic carbocycles. The fraction of sp³-hybridized carbons (Fsp3) is 0.958. The van der Waals surface area contributed by atoms with Gasteiger partial charge in [0.05, 0.1) is 26.4 Å². The number of phosphoric ester groups is 2. The first-order valence-electron chi connectivity index (χ1n) is 48.8. The number of hydrogen-bond acceptors (Lipinski definition) is 15. The van der Waals surface area contributed by atoms with Gasteiger partial charge in [0.15, 0.2) is 12.2 Å². The molecule has 0 aromatic rings. The topological polar surface area (TPSA) is 237 Å². The Balaban J connectivity index is 5.18. The molecule has 114 heavy (non-hydrogen) atoms. The van der Waals surface area contributed by atoms with E-state index in [-0.39, 0.29) is 25.7 Å². The van der Waals surface area contributed by atoms with Crippen molar-refractivity contribution in [1.29, 1.82) is 0 Å². The van der Waals surface area contributed by atoms with Crippen molar-refractivity contribution in [3.05, 3.63) is 0 Å². The van der Waals surface area contributed by atoms with Crippen molar-refractivity contribution in [3.63, 3.8) is 0 Å². The molecule has 0 rings (SSSR count). The van der Waals surface area contributed by atoms with Crippen molar-refractivity contribution in [2.24, 2.45) is 23.7 Å². The maximum Gasteiger partial charge on any atom is 0.472 e. The van der Waals surface area contributed by atoms with E-state index in [1.165, 1.54) is 302 Å². The molecule has 0 aliphatic heterocycles. The van der Waals surface area contributed by atoms with E-state index in [0.29, 0.717) is 31.6 Å². The summed E-state index contributed by atoms with van der Waals surface area (Å²) in [6, 6.07) is 0. The summed E-state index contributed by atoms with van der Waals surface area (Å²) in [5, 5.41) is 10.7. The SMILES string of the molecule is CCC(C)CCCCCCCCCCCCCCCCCCCCC(=O)OC[C@H](COP(=O)(O)OC[C@@H](O)COP(=O)(O)OC[C@@H](COC(=O)CCCCCCCCC(C)C)OC(=O)CCCCCCCCCCCCCCCCCCCCC(C)CC)OC(=O)CCCCCCCCCCCCCCCCCCCCC(C)C. The number of phosphoric acid groups is 2. The van der Waals surface area contributed by atoms with Gasteiger partial charge in [-0.3, -0.25) is 37.3 Å². The normalized spacial score (nSPS) is 14.3. The maximum absolute atomic E-state index is 13.2. The summed E-state index contributed by atoms with van der Waals surface area (Å²) in [6.45, 7) is 14.4. The van der Waals surface area contributed by atoms with E-state index < -0.39 is 97.5 Å². The summed E-state index contributed by atoms with van der Waals surface area (Å²) in [7, 11) is -9.94. The molecule has 4 unspecified atom stereocenters. The smallest absolute Gasteiger partial charge is 0.462 e. The monoisotopic (exact) mass is 1660 g/mol. The van der Waals surface area contributed by atoms with Crippen molar-refractivity contribution in [3.8, 4) is 0 Å². The third-order valence-corrected chi connectivity index (χ3v) is 24.9. The van der Waals surface area contributed by atoms with Gasteiger partial charge in [0.1, 0.15) is 19.3 Å². The van der Waals surface area contributed by atoms with E-state index in [9.17, 15) is 43.2 Å². The number of aliphatic hydroxyl groups is 1. The molecule has 678 valence electrons. The Kier molecular flexibility index (Phi) is 81.9. The molecule has 0 saturated heterocycles. The molecule has 3 N–H and O–H groups in total. The molecule has 0 saturated carbocycles. The van der Waals surface area contributed by atoms with Gasteiger partial charge in [-0.15, -0.1) is 0 Å². The number of carbonyl (C=O) groups is 4. The lowest BCUT2D eigenvalue weighted by atomic mass is 9.99. The van der Waals surface area contributed by atoms with Crippen LogP contribution in [0.2, 0.25) is 0 Å². The van der Waals surface area contributed by atoms with Crippen molar-refractivity contribution in [2.45, 2.75) is 523 Å². The molecule has 0 aromatic carbocycles. The number of unbranched alkanes of at least 4 members (excludes halogenated alkanes) is 56. The van der Waals surface area contributed by atoms with Crippen LogP contribution in [0.15, 0.2) is 0 Å². The van der Waals surface area contributed by atoms with Crippen LogP contribution in [0.4, 0.5) is 0 Å². The lowest BCUT2D eigenvalue weighted by molar-refractivity contribution is -0.161. The second-order valence-electron chi connectivity index (χ2n) is 35.5. The van der Waals surface area contributed by atoms with Gasteiger partial charge in [0, 0.05) is 25.7 Å². The number of esters is 4. The summed E-state index contributed by atoms with van der Waals surface area (Å²) >= 11 is 0. The van der Waals surface area contributed by atoms with Gasteiger partial charge >= 0.3 is 39.5 Å². The zero-order valence-electron chi connectivity index (χ0n) is 75.7. The van der Waals surface area contributed by atoms with E-state index >= 15 is 0 Å². The van der Waals surface area contributed by atoms with Crippen molar-refractivity contribution in [1.82, 2.24) is 0 Å². The number of aliphatic hydroxyl groups excluding tert-OH is 1. The fourth-order valence-corrected chi connectivity index (χ4v) is 16.4. The van der Waals surface area contributed by atoms with Crippen molar-refractivity contribution in [2.75, 3.05) is 39.6 Å². The molecule has 0 fully saturated rings. The lowest BCUT2D eigenvalue weighted by Crippen LogP contribution is -2.30. The average molecular weight is 1660 g/mol. The van der Waals surface area contributed by atoms with Crippen LogP contribution in [0.1, 0.15) is 505 Å². The molecule has 0 radical (unpaired) electrons. The third kappa shape index (κ3) is 85.1. The van der Waals surface area contributed by atoms with Crippen LogP contribution in [0.3, 0.4) is 0 Å². The van der Waals surface area contributed by atoms with Crippen LogP contribution in [0.25, 0.3) is 0 Å². The number of rotatable bonds is 92. The van der Waals surface area contributed by atoms with Crippen LogP contribution in [0, 0.1) is 23.7 Å². The van der Waals surface area contributed by atoms with Crippen molar-refractivity contribution < 1.29 is 80.2 Å². The van der Waals surface area contributed by atoms with Crippen molar-refractivity contribution >= 4 is 39.5 Å². The summed E-state index contributed by atoms with van der Waals surface area (Å²) in [6.07, 6.45) is 76.7. The van der Waals surface area contributed by atoms with E-state index in [0.717, 1.165) is 114 Å². The summed E-state index contributed by atoms with van der Waals surface area (Å²) < 4.78 is 69.1. The van der Waals surface area contributed by atoms with Gasteiger partial charge in [-0.25, -0.2) is 9.13 Å². The van der Waals surface area contributed by atoms with Crippen LogP contribution in [-0.2, 0) is 65.4 Å². The second kappa shape index (κ2) is 83.3. The highest BCUT2D eigenvalue weighted by Gasteiger charge is 2.31. The Bertz CT molecular complexity index is 2200. The van der Waals surface area contributed by atoms with Crippen LogP contribution >= 0.6 is 15.6 Å². The fourth-order valence-electron chi connectivity index (χ4n) is 14.8. The summed E-state index contributed by atoms with van der Waals surface area (Å²) in [5.74, 6) is 1.14. The molecule has 0 heterocycles. The number of ether oxygens (including phenoxy) is 4. The second-order valence-corrected chi connectivity index (χ2v) is 38.5. The van der Waals surface area contributed by atoms with Gasteiger partial charge in [0.25, 0.3) is 0 Å². The molecule has 0 aromatic heterocycles. The molecule has 17 nitrogen and oxygen atoms in total. The first-order valence-corrected chi connectivity index (χ1v) is 51.8. The van der Waals surface area contributed by atoms with Crippen LogP contribution in [0.5, 0.6) is 0 Å². The molecule has 0 spiro atoms. The number of hydrogen-bond donors (Lipinski definition) is 3. The minimum absolute atomic E-state index is 0.107. The largest absolute Gasteiger partial charge is 0.472 e. The Morgan fingerprint density at radius 3 is 0.623 bits per heavy atom. The molecule has 7 atom stereocenters. The maximum atomic E-state index is 13.2. The quantitative estimate of drug-likeness (QED) is 0.0222. The summed E-state index contributed by atoms with van der Waals surface area (Å²) in [4.78, 5) is 73.5. The first-order chi connectivity index (χ1) is 55.2. The van der Waals surface area contributed by atoms with Crippen LogP contribution in [-0.4, -0.2) is 96.7 Å². The predicted molar refractivity (Wildman–Crippen MR) is 474 cm³/mol. The Labute approximate surface area is 702 Å². The molecular formula is C95H186O17P2. The van der Waals surface area contributed by atoms with E-state index in [4.69, 9.17) is 37.0 Å². The lowest BCUT2D eigenvalue weighted by Gasteiger charge is -2.21. The van der Waals surface area contributed by atoms with Gasteiger partial charge in [-0.2, -0.15) is 0 Å². The Morgan fingerprint density at radius 2 is 0.421 bits per heavy atom. The van der Waals surface area contributed by atoms with Gasteiger partial charge in [-0.05, 0) is 49.4 Å². The highest BCUT2D eigenvalue weighted by atomic mass is 31.2. The zero-order valence-corrected chi connectivity index (χ0v) is 77.5. The average Bonchev–Trinajstić information content (AvgIpc) is 0.904. The zero-order chi connectivity index (χ0) is 83.7. The first kappa shape index (κ1) is 112. The highest BCUT2D eigenvalue weighted by Crippen LogP contribution is 2.45. The Hall–Kier alpha value is -1.94. The third-order valence-electron chi connectivity index (χ3n) is 23.0. The minimum Gasteiger partial charge on any atom is -0.462 e. The van der Waals surface area contributed by atoms with E-state index in [1.54, 1.807) is 0 Å². The molecular weight excluding hydrogens is 1470 g/mol. The van der Waals surface area contributed by atoms with Crippen LogP contribution < -0.4 is 0 Å².